The molecule has 0 saturated carbocycles. The highest BCUT2D eigenvalue weighted by Gasteiger charge is 2.22. The minimum absolute atomic E-state index is 0.255. The maximum atomic E-state index is 12.9. The van der Waals surface area contributed by atoms with Gasteiger partial charge < -0.3 is 9.64 Å². The minimum Gasteiger partial charge on any atom is -0.360 e. The number of ether oxygens (including phenoxy) is 1. The van der Waals surface area contributed by atoms with Crippen LogP contribution in [0.4, 0.5) is 9.52 Å². The Morgan fingerprint density at radius 2 is 2.20 bits per heavy atom. The Hall–Kier alpha value is -1.97. The molecule has 0 aliphatic carbocycles. The number of hydrogen-bond acceptors (Lipinski definition) is 5. The van der Waals surface area contributed by atoms with E-state index >= 15 is 0 Å². The highest BCUT2D eigenvalue weighted by Crippen LogP contribution is 2.28. The molecule has 0 bridgehead atoms. The van der Waals surface area contributed by atoms with E-state index in [-0.39, 0.29) is 5.82 Å². The zero-order chi connectivity index (χ0) is 13.9. The summed E-state index contributed by atoms with van der Waals surface area (Å²) in [5.74, 6) is -0.255. The summed E-state index contributed by atoms with van der Waals surface area (Å²) >= 11 is 1.52. The molecule has 1 fully saturated rings. The maximum Gasteiger partial charge on any atom is 0.186 e. The van der Waals surface area contributed by atoms with E-state index in [1.165, 1.54) is 23.5 Å². The topological polar surface area (TPSA) is 49.2 Å². The van der Waals surface area contributed by atoms with Crippen LogP contribution >= 0.6 is 11.3 Å². The van der Waals surface area contributed by atoms with Gasteiger partial charge in [-0.2, -0.15) is 5.26 Å². The average Bonchev–Trinajstić information content (AvgIpc) is 2.98. The van der Waals surface area contributed by atoms with E-state index in [0.717, 1.165) is 22.9 Å². The Kier molecular flexibility index (Phi) is 3.63. The van der Waals surface area contributed by atoms with E-state index < -0.39 is 6.10 Å². The summed E-state index contributed by atoms with van der Waals surface area (Å²) in [5, 5.41) is 11.7. The van der Waals surface area contributed by atoms with Crippen molar-refractivity contribution in [3.05, 3.63) is 35.5 Å². The fraction of sp³-hybridized carbons (Fsp3) is 0.286. The summed E-state index contributed by atoms with van der Waals surface area (Å²) in [5.41, 5.74) is 1.71. The SMILES string of the molecule is N#CC1CN(c2nc(-c3ccc(F)cc3)cs2)CCO1. The molecule has 0 spiro atoms. The highest BCUT2D eigenvalue weighted by molar-refractivity contribution is 7.14. The quantitative estimate of drug-likeness (QED) is 0.853. The van der Waals surface area contributed by atoms with Crippen LogP contribution in [0.15, 0.2) is 29.6 Å². The summed E-state index contributed by atoms with van der Waals surface area (Å²) in [6.45, 7) is 1.80. The van der Waals surface area contributed by atoms with Gasteiger partial charge in [-0.25, -0.2) is 9.37 Å². The van der Waals surface area contributed by atoms with Gasteiger partial charge in [-0.15, -0.1) is 11.3 Å². The molecule has 1 aliphatic rings. The first-order valence-corrected chi connectivity index (χ1v) is 7.12. The van der Waals surface area contributed by atoms with Crippen molar-refractivity contribution < 1.29 is 9.13 Å². The van der Waals surface area contributed by atoms with Crippen LogP contribution in [-0.4, -0.2) is 30.8 Å². The van der Waals surface area contributed by atoms with Crippen LogP contribution in [0.25, 0.3) is 11.3 Å². The molecule has 0 amide bonds. The fourth-order valence-electron chi connectivity index (χ4n) is 2.06. The van der Waals surface area contributed by atoms with E-state index in [4.69, 9.17) is 10.00 Å². The minimum atomic E-state index is -0.401. The Morgan fingerprint density at radius 3 is 2.95 bits per heavy atom. The normalized spacial score (nSPS) is 18.8. The molecule has 1 atom stereocenters. The second-order valence-corrected chi connectivity index (χ2v) is 5.29. The molecule has 0 radical (unpaired) electrons. The highest BCUT2D eigenvalue weighted by atomic mass is 32.1. The van der Waals surface area contributed by atoms with Crippen molar-refractivity contribution in [3.8, 4) is 17.3 Å². The van der Waals surface area contributed by atoms with Crippen molar-refractivity contribution in [2.24, 2.45) is 0 Å². The Morgan fingerprint density at radius 1 is 1.40 bits per heavy atom. The van der Waals surface area contributed by atoms with Gasteiger partial charge in [-0.1, -0.05) is 0 Å². The smallest absolute Gasteiger partial charge is 0.186 e. The molecule has 1 saturated heterocycles. The molecule has 20 heavy (non-hydrogen) atoms. The van der Waals surface area contributed by atoms with Crippen LogP contribution in [0.3, 0.4) is 0 Å². The number of thiazole rings is 1. The standard InChI is InChI=1S/C14H12FN3OS/c15-11-3-1-10(2-4-11)13-9-20-14(17-13)18-5-6-19-12(7-16)8-18/h1-4,9,12H,5-6,8H2. The Balaban J connectivity index is 1.80. The fourth-order valence-corrected chi connectivity index (χ4v) is 2.94. The van der Waals surface area contributed by atoms with E-state index in [2.05, 4.69) is 16.0 Å². The molecule has 1 aromatic carbocycles. The van der Waals surface area contributed by atoms with Gasteiger partial charge in [0.2, 0.25) is 0 Å². The van der Waals surface area contributed by atoms with E-state index in [0.29, 0.717) is 13.2 Å². The van der Waals surface area contributed by atoms with Crippen molar-refractivity contribution in [2.75, 3.05) is 24.6 Å². The van der Waals surface area contributed by atoms with E-state index in [1.807, 2.05) is 5.38 Å². The Bertz CT molecular complexity index is 635. The zero-order valence-electron chi connectivity index (χ0n) is 10.6. The number of benzene rings is 1. The lowest BCUT2D eigenvalue weighted by molar-refractivity contribution is 0.0764. The molecule has 0 N–H and O–H groups in total. The van der Waals surface area contributed by atoms with E-state index in [9.17, 15) is 4.39 Å². The largest absolute Gasteiger partial charge is 0.360 e. The van der Waals surface area contributed by atoms with Crippen molar-refractivity contribution in [2.45, 2.75) is 6.10 Å². The van der Waals surface area contributed by atoms with Crippen LogP contribution in [0.2, 0.25) is 0 Å². The average molecular weight is 289 g/mol. The number of anilines is 1. The summed E-state index contributed by atoms with van der Waals surface area (Å²) in [4.78, 5) is 6.61. The van der Waals surface area contributed by atoms with E-state index in [1.54, 1.807) is 12.1 Å². The monoisotopic (exact) mass is 289 g/mol. The van der Waals surface area contributed by atoms with Crippen LogP contribution in [-0.2, 0) is 4.74 Å². The Labute approximate surface area is 120 Å². The second-order valence-electron chi connectivity index (χ2n) is 4.46. The molecule has 6 heteroatoms. The lowest BCUT2D eigenvalue weighted by Gasteiger charge is -2.29. The molecule has 1 aliphatic heterocycles. The third-order valence-corrected chi connectivity index (χ3v) is 4.01. The number of hydrogen-bond donors (Lipinski definition) is 0. The molecular weight excluding hydrogens is 277 g/mol. The van der Waals surface area contributed by atoms with Crippen molar-refractivity contribution in [3.63, 3.8) is 0 Å². The first-order chi connectivity index (χ1) is 9.76. The van der Waals surface area contributed by atoms with Gasteiger partial charge in [0.25, 0.3) is 0 Å². The summed E-state index contributed by atoms with van der Waals surface area (Å²) < 4.78 is 18.2. The third-order valence-electron chi connectivity index (χ3n) is 3.11. The predicted molar refractivity (Wildman–Crippen MR) is 75.1 cm³/mol. The lowest BCUT2D eigenvalue weighted by atomic mass is 10.2. The number of aromatic nitrogens is 1. The molecule has 4 nitrogen and oxygen atoms in total. The van der Waals surface area contributed by atoms with Crippen LogP contribution < -0.4 is 4.90 Å². The zero-order valence-corrected chi connectivity index (χ0v) is 11.4. The summed E-state index contributed by atoms with van der Waals surface area (Å²) in [7, 11) is 0. The van der Waals surface area contributed by atoms with Gasteiger partial charge >= 0.3 is 0 Å². The summed E-state index contributed by atoms with van der Waals surface area (Å²) in [6, 6.07) is 8.40. The molecule has 102 valence electrons. The first-order valence-electron chi connectivity index (χ1n) is 6.24. The lowest BCUT2D eigenvalue weighted by Crippen LogP contribution is -2.41. The van der Waals surface area contributed by atoms with Crippen LogP contribution in [0.5, 0.6) is 0 Å². The number of halogens is 1. The number of morpholine rings is 1. The maximum absolute atomic E-state index is 12.9. The molecular formula is C14H12FN3OS. The van der Waals surface area contributed by atoms with Crippen molar-refractivity contribution in [1.82, 2.24) is 4.98 Å². The van der Waals surface area contributed by atoms with Gasteiger partial charge in [0.05, 0.1) is 24.9 Å². The molecule has 3 rings (SSSR count). The first kappa shape index (κ1) is 13.0. The van der Waals surface area contributed by atoms with Crippen molar-refractivity contribution >= 4 is 16.5 Å². The van der Waals surface area contributed by atoms with Gasteiger partial charge in [0.15, 0.2) is 11.2 Å². The third kappa shape index (κ3) is 2.64. The molecule has 2 heterocycles. The summed E-state index contributed by atoms with van der Waals surface area (Å²) in [6.07, 6.45) is -0.401. The number of nitrogens with zero attached hydrogens (tertiary/aromatic N) is 3. The molecule has 1 unspecified atom stereocenters. The molecule has 1 aromatic heterocycles. The van der Waals surface area contributed by atoms with Gasteiger partial charge in [-0.3, -0.25) is 0 Å². The van der Waals surface area contributed by atoms with Crippen LogP contribution in [0.1, 0.15) is 0 Å². The van der Waals surface area contributed by atoms with Gasteiger partial charge in [0.1, 0.15) is 5.82 Å². The van der Waals surface area contributed by atoms with Gasteiger partial charge in [0, 0.05) is 17.5 Å². The van der Waals surface area contributed by atoms with Crippen LogP contribution in [0, 0.1) is 17.1 Å². The number of nitriles is 1. The van der Waals surface area contributed by atoms with Crippen molar-refractivity contribution in [1.29, 1.82) is 5.26 Å². The molecule has 2 aromatic rings. The second kappa shape index (κ2) is 5.57. The van der Waals surface area contributed by atoms with Gasteiger partial charge in [-0.05, 0) is 24.3 Å². The number of rotatable bonds is 2. The predicted octanol–water partition coefficient (Wildman–Crippen LogP) is 2.68.